The zero-order valence-corrected chi connectivity index (χ0v) is 34.4. The van der Waals surface area contributed by atoms with Gasteiger partial charge >= 0.3 is 11.9 Å². The second-order valence-corrected chi connectivity index (χ2v) is 14.1. The van der Waals surface area contributed by atoms with Gasteiger partial charge in [0, 0.05) is 12.1 Å². The number of carbonyl (C=O) groups is 2. The standard InChI is InChI=1S/C22H40N3O7P.C13H23NO6/c1-10-19-21(32-33(30-13-12-23-9)25(15(3)4)16(5)6)20(18(8)31-19)28-14-29-24-17(7)22(26)27-11-2;1-5-10-11(15)12(9(4)20-10)18-7-19-14-8(3)13(16)17-6-2/h15-16,18-21H,10-14H2,1-8H3;9-12,15H,5-7H2,1-4H3/b24-17-;14-8-/t18-,19+,20+,21?,33?;9-,10+,11?,12+/m00/s1. The highest BCUT2D eigenvalue weighted by Crippen LogP contribution is 2.49. The molecule has 0 aliphatic carbocycles. The topological polar surface area (TPSA) is 179 Å². The van der Waals surface area contributed by atoms with Crippen molar-refractivity contribution in [3.8, 4) is 0 Å². The first kappa shape index (κ1) is 48.5. The van der Waals surface area contributed by atoms with Crippen molar-refractivity contribution >= 4 is 31.9 Å². The molecule has 9 atom stereocenters. The fourth-order valence-corrected chi connectivity index (χ4v) is 7.25. The van der Waals surface area contributed by atoms with Crippen LogP contribution in [0.4, 0.5) is 0 Å². The van der Waals surface area contributed by atoms with Gasteiger partial charge in [-0.05, 0) is 82.1 Å². The number of nitrogens with zero attached hydrogens (tertiary/aromatic N) is 4. The van der Waals surface area contributed by atoms with Crippen molar-refractivity contribution in [1.29, 1.82) is 0 Å². The van der Waals surface area contributed by atoms with E-state index in [0.717, 1.165) is 6.42 Å². The minimum absolute atomic E-state index is 0.108. The van der Waals surface area contributed by atoms with Crippen LogP contribution in [0, 0.1) is 6.57 Å². The highest BCUT2D eigenvalue weighted by atomic mass is 31.2. The number of esters is 2. The maximum atomic E-state index is 11.6. The molecule has 0 aromatic rings. The van der Waals surface area contributed by atoms with Crippen LogP contribution in [0.5, 0.6) is 0 Å². The summed E-state index contributed by atoms with van der Waals surface area (Å²) in [6, 6.07) is 0.374. The van der Waals surface area contributed by atoms with Crippen molar-refractivity contribution in [2.45, 2.75) is 157 Å². The Bertz CT molecular complexity index is 1160. The molecule has 0 radical (unpaired) electrons. The van der Waals surface area contributed by atoms with E-state index in [2.05, 4.69) is 47.5 Å². The second-order valence-electron chi connectivity index (χ2n) is 12.7. The molecule has 2 aliphatic heterocycles. The number of rotatable bonds is 22. The first-order valence-corrected chi connectivity index (χ1v) is 19.4. The zero-order valence-electron chi connectivity index (χ0n) is 33.5. The normalized spacial score (nSPS) is 26.6. The van der Waals surface area contributed by atoms with Crippen LogP contribution in [0.2, 0.25) is 0 Å². The molecule has 17 nitrogen and oxygen atoms in total. The summed E-state index contributed by atoms with van der Waals surface area (Å²) in [5, 5.41) is 17.3. The van der Waals surface area contributed by atoms with Gasteiger partial charge in [0.25, 0.3) is 8.53 Å². The molecule has 2 rings (SSSR count). The Morgan fingerprint density at radius 1 is 0.811 bits per heavy atom. The molecule has 0 amide bonds. The molecule has 3 unspecified atom stereocenters. The van der Waals surface area contributed by atoms with Gasteiger partial charge in [-0.3, -0.25) is 0 Å². The van der Waals surface area contributed by atoms with E-state index in [9.17, 15) is 14.7 Å². The Balaban J connectivity index is 0.000000598. The van der Waals surface area contributed by atoms with Crippen molar-refractivity contribution < 1.29 is 61.8 Å². The molecule has 0 saturated carbocycles. The monoisotopic (exact) mass is 778 g/mol. The molecule has 2 heterocycles. The molecule has 0 aromatic carbocycles. The summed E-state index contributed by atoms with van der Waals surface area (Å²) in [6.45, 7) is 30.3. The van der Waals surface area contributed by atoms with Gasteiger partial charge in [0.1, 0.15) is 31.0 Å². The largest absolute Gasteiger partial charge is 0.461 e. The summed E-state index contributed by atoms with van der Waals surface area (Å²) in [5.41, 5.74) is 0.217. The van der Waals surface area contributed by atoms with Crippen LogP contribution in [0.15, 0.2) is 10.3 Å². The second kappa shape index (κ2) is 26.3. The minimum Gasteiger partial charge on any atom is -0.461 e. The molecule has 2 fully saturated rings. The molecule has 306 valence electrons. The molecule has 0 bridgehead atoms. The number of hydrogen-bond acceptors (Lipinski definition) is 16. The molecule has 0 aromatic heterocycles. The van der Waals surface area contributed by atoms with Crippen LogP contribution in [0.3, 0.4) is 0 Å². The van der Waals surface area contributed by atoms with Crippen molar-refractivity contribution in [2.24, 2.45) is 10.3 Å². The summed E-state index contributed by atoms with van der Waals surface area (Å²) in [6.07, 6.45) is -1.33. The Labute approximate surface area is 316 Å². The fourth-order valence-electron chi connectivity index (χ4n) is 5.49. The lowest BCUT2D eigenvalue weighted by molar-refractivity contribution is -0.137. The van der Waals surface area contributed by atoms with Crippen molar-refractivity contribution in [3.63, 3.8) is 0 Å². The van der Waals surface area contributed by atoms with Crippen LogP contribution < -0.4 is 0 Å². The van der Waals surface area contributed by atoms with E-state index in [-0.39, 0.29) is 87.4 Å². The number of carbonyl (C=O) groups excluding carboxylic acids is 2. The van der Waals surface area contributed by atoms with E-state index in [1.54, 1.807) is 13.8 Å². The number of ether oxygens (including phenoxy) is 6. The number of aliphatic hydroxyl groups excluding tert-OH is 1. The predicted octanol–water partition coefficient (Wildman–Crippen LogP) is 4.99. The molecule has 2 aliphatic rings. The summed E-state index contributed by atoms with van der Waals surface area (Å²) in [5.74, 6) is -1.07. The van der Waals surface area contributed by atoms with Crippen molar-refractivity contribution in [3.05, 3.63) is 11.4 Å². The van der Waals surface area contributed by atoms with E-state index in [4.69, 9.17) is 53.7 Å². The van der Waals surface area contributed by atoms with Crippen molar-refractivity contribution in [2.75, 3.05) is 40.0 Å². The van der Waals surface area contributed by atoms with Crippen LogP contribution in [0.1, 0.15) is 95.9 Å². The number of hydrogen-bond donors (Lipinski definition) is 1. The quantitative estimate of drug-likeness (QED) is 0.0296. The molecule has 18 heteroatoms. The van der Waals surface area contributed by atoms with Crippen LogP contribution in [0.25, 0.3) is 4.85 Å². The first-order valence-electron chi connectivity index (χ1n) is 18.3. The zero-order chi connectivity index (χ0) is 40.1. The van der Waals surface area contributed by atoms with Gasteiger partial charge in [-0.25, -0.2) is 20.8 Å². The van der Waals surface area contributed by atoms with Gasteiger partial charge in [-0.1, -0.05) is 24.2 Å². The Morgan fingerprint density at radius 3 is 1.72 bits per heavy atom. The Hall–Kier alpha value is -2.52. The predicted molar refractivity (Wildman–Crippen MR) is 198 cm³/mol. The van der Waals surface area contributed by atoms with E-state index in [0.29, 0.717) is 13.0 Å². The highest BCUT2D eigenvalue weighted by Gasteiger charge is 2.46. The van der Waals surface area contributed by atoms with Crippen molar-refractivity contribution in [1.82, 2.24) is 4.67 Å². The third-order valence-electron chi connectivity index (χ3n) is 7.95. The van der Waals surface area contributed by atoms with Crippen LogP contribution >= 0.6 is 8.53 Å². The maximum absolute atomic E-state index is 11.6. The molecule has 2 saturated heterocycles. The average Bonchev–Trinajstić information content (AvgIpc) is 3.56. The summed E-state index contributed by atoms with van der Waals surface area (Å²) in [7, 11) is -1.45. The molecular formula is C35H63N4O13P. The highest BCUT2D eigenvalue weighted by molar-refractivity contribution is 7.44. The Kier molecular flexibility index (Phi) is 24.1. The average molecular weight is 779 g/mol. The van der Waals surface area contributed by atoms with Crippen LogP contribution in [-0.2, 0) is 56.7 Å². The summed E-state index contributed by atoms with van der Waals surface area (Å²) < 4.78 is 47.3. The smallest absolute Gasteiger partial charge is 0.355 e. The minimum atomic E-state index is -1.45. The molecule has 53 heavy (non-hydrogen) atoms. The van der Waals surface area contributed by atoms with Gasteiger partial charge in [0.15, 0.2) is 11.4 Å². The number of aliphatic hydroxyl groups is 1. The van der Waals surface area contributed by atoms with Crippen LogP contribution in [-0.4, -0.2) is 134 Å². The summed E-state index contributed by atoms with van der Waals surface area (Å²) in [4.78, 5) is 36.3. The SMILES string of the molecule is CCOC(=O)/C(C)=N\OCO[C@H]1C(O)[C@@H](CC)O[C@H]1C.[C-]#[N+]CCOP(OC1[C@@H](CC)O[C@@H](C)[C@H]1OCO/N=C(/C)C(=O)OCC)N(C(C)C)C(C)C. The first-order chi connectivity index (χ1) is 25.2. The van der Waals surface area contributed by atoms with Gasteiger partial charge in [-0.15, -0.1) is 0 Å². The third kappa shape index (κ3) is 16.4. The maximum Gasteiger partial charge on any atom is 0.355 e. The van der Waals surface area contributed by atoms with Gasteiger partial charge in [0.05, 0.1) is 37.6 Å². The molecular weight excluding hydrogens is 715 g/mol. The lowest BCUT2D eigenvalue weighted by Crippen LogP contribution is -2.40. The van der Waals surface area contributed by atoms with E-state index in [1.165, 1.54) is 13.8 Å². The Morgan fingerprint density at radius 2 is 1.28 bits per heavy atom. The van der Waals surface area contributed by atoms with Gasteiger partial charge in [-0.2, -0.15) is 0 Å². The van der Waals surface area contributed by atoms with E-state index < -0.39 is 38.8 Å². The third-order valence-corrected chi connectivity index (χ3v) is 10.1. The molecule has 1 N–H and O–H groups in total. The summed E-state index contributed by atoms with van der Waals surface area (Å²) >= 11 is 0. The van der Waals surface area contributed by atoms with E-state index >= 15 is 0 Å². The van der Waals surface area contributed by atoms with E-state index in [1.807, 2.05) is 27.7 Å². The lowest BCUT2D eigenvalue weighted by atomic mass is 10.1. The van der Waals surface area contributed by atoms with Gasteiger partial charge in [0.2, 0.25) is 20.1 Å². The number of oxime groups is 2. The fraction of sp³-hybridized carbons (Fsp3) is 0.857. The van der Waals surface area contributed by atoms with Gasteiger partial charge < -0.3 is 57.1 Å². The molecule has 0 spiro atoms. The lowest BCUT2D eigenvalue weighted by Gasteiger charge is -2.38.